The zero-order valence-corrected chi connectivity index (χ0v) is 42.2. The SMILES string of the molecule is CC\C=C/C=C\C=C/C=C\C=C/CCCCCC(=O)OC(COC(=O)CCCCC/C=C\CCCCCCCC)COC(=O)CCCCCCCCCCCC/C=C\C=C/CCCCC. The number of hydrogen-bond acceptors (Lipinski definition) is 6. The highest BCUT2D eigenvalue weighted by Gasteiger charge is 2.19. The fraction of sp³-hybridized carbons (Fsp3) is 0.678. The second kappa shape index (κ2) is 52.9. The Morgan fingerprint density at radius 3 is 1.05 bits per heavy atom. The molecule has 0 fully saturated rings. The zero-order chi connectivity index (χ0) is 47.2. The quantitative estimate of drug-likeness (QED) is 0.0199. The van der Waals surface area contributed by atoms with Crippen LogP contribution in [-0.2, 0) is 28.6 Å². The van der Waals surface area contributed by atoms with Crippen molar-refractivity contribution in [1.82, 2.24) is 0 Å². The summed E-state index contributed by atoms with van der Waals surface area (Å²) in [6.45, 7) is 6.40. The molecule has 0 radical (unpaired) electrons. The molecule has 0 aliphatic carbocycles. The van der Waals surface area contributed by atoms with Gasteiger partial charge in [-0.15, -0.1) is 0 Å². The van der Waals surface area contributed by atoms with Crippen molar-refractivity contribution in [3.8, 4) is 0 Å². The van der Waals surface area contributed by atoms with Crippen molar-refractivity contribution < 1.29 is 28.6 Å². The van der Waals surface area contributed by atoms with Gasteiger partial charge in [0.1, 0.15) is 13.2 Å². The normalized spacial score (nSPS) is 12.8. The van der Waals surface area contributed by atoms with Gasteiger partial charge >= 0.3 is 17.9 Å². The van der Waals surface area contributed by atoms with Crippen molar-refractivity contribution in [2.75, 3.05) is 13.2 Å². The molecular formula is C59H98O6. The van der Waals surface area contributed by atoms with Crippen molar-refractivity contribution >= 4 is 17.9 Å². The van der Waals surface area contributed by atoms with Gasteiger partial charge in [-0.2, -0.15) is 0 Å². The molecule has 65 heavy (non-hydrogen) atoms. The molecule has 1 atom stereocenters. The van der Waals surface area contributed by atoms with Crippen molar-refractivity contribution in [1.29, 1.82) is 0 Å². The molecule has 0 aromatic rings. The lowest BCUT2D eigenvalue weighted by Crippen LogP contribution is -2.30. The maximum atomic E-state index is 12.8. The van der Waals surface area contributed by atoms with Crippen LogP contribution in [-0.4, -0.2) is 37.2 Å². The number of carbonyl (C=O) groups excluding carboxylic acids is 3. The van der Waals surface area contributed by atoms with Gasteiger partial charge in [0.2, 0.25) is 0 Å². The van der Waals surface area contributed by atoms with E-state index in [0.29, 0.717) is 19.3 Å². The first-order valence-electron chi connectivity index (χ1n) is 26.8. The molecule has 0 saturated carbocycles. The Hall–Kier alpha value is -3.67. The average Bonchev–Trinajstić information content (AvgIpc) is 3.30. The van der Waals surface area contributed by atoms with Gasteiger partial charge in [-0.3, -0.25) is 14.4 Å². The predicted octanol–water partition coefficient (Wildman–Crippen LogP) is 17.8. The molecule has 370 valence electrons. The molecule has 0 amide bonds. The Kier molecular flexibility index (Phi) is 50.0. The highest BCUT2D eigenvalue weighted by Crippen LogP contribution is 2.14. The second-order valence-corrected chi connectivity index (χ2v) is 17.5. The molecule has 6 nitrogen and oxygen atoms in total. The molecule has 0 spiro atoms. The summed E-state index contributed by atoms with van der Waals surface area (Å²) in [5.41, 5.74) is 0. The van der Waals surface area contributed by atoms with E-state index >= 15 is 0 Å². The summed E-state index contributed by atoms with van der Waals surface area (Å²) in [6, 6.07) is 0. The second-order valence-electron chi connectivity index (χ2n) is 17.5. The van der Waals surface area contributed by atoms with Crippen LogP contribution in [0.3, 0.4) is 0 Å². The third kappa shape index (κ3) is 51.2. The van der Waals surface area contributed by atoms with Gasteiger partial charge in [0.15, 0.2) is 6.10 Å². The first-order chi connectivity index (χ1) is 32.0. The third-order valence-electron chi connectivity index (χ3n) is 11.2. The summed E-state index contributed by atoms with van der Waals surface area (Å²) < 4.78 is 16.8. The van der Waals surface area contributed by atoms with Crippen LogP contribution in [0.15, 0.2) is 97.2 Å². The van der Waals surface area contributed by atoms with Crippen molar-refractivity contribution in [3.63, 3.8) is 0 Å². The molecule has 0 rings (SSSR count). The first-order valence-corrected chi connectivity index (χ1v) is 26.8. The van der Waals surface area contributed by atoms with Gasteiger partial charge in [-0.1, -0.05) is 227 Å². The standard InChI is InChI=1S/C59H98O6/c1-4-7-10-13-16-19-22-25-27-28-29-30-32-34-37-40-43-46-49-52-58(61)64-55-56(54-63-57(60)51-48-45-42-39-36-33-24-21-18-15-12-9-6-3)65-59(62)53-50-47-44-41-38-35-31-26-23-20-17-14-11-8-5-2/h8,11,14,16-17,19-20,22-23,25-26,31,33,35-36,38,56H,4-7,9-10,12-13,15,18,21,24,27-30,32,34,37,39-55H2,1-3H3/b11-8-,17-14-,19-16-,23-20-,25-22-,31-26-,36-33-,38-35-. The molecule has 0 aromatic carbocycles. The van der Waals surface area contributed by atoms with E-state index in [9.17, 15) is 14.4 Å². The van der Waals surface area contributed by atoms with E-state index < -0.39 is 6.10 Å². The largest absolute Gasteiger partial charge is 0.462 e. The van der Waals surface area contributed by atoms with Gasteiger partial charge in [-0.05, 0) is 89.9 Å². The van der Waals surface area contributed by atoms with E-state index in [1.54, 1.807) is 0 Å². The minimum atomic E-state index is -0.807. The maximum absolute atomic E-state index is 12.8. The molecule has 6 heteroatoms. The van der Waals surface area contributed by atoms with Gasteiger partial charge in [0, 0.05) is 19.3 Å². The summed E-state index contributed by atoms with van der Waals surface area (Å²) in [4.78, 5) is 38.0. The summed E-state index contributed by atoms with van der Waals surface area (Å²) in [6.07, 6.45) is 69.6. The number of allylic oxidation sites excluding steroid dienone is 16. The lowest BCUT2D eigenvalue weighted by atomic mass is 10.1. The molecule has 0 N–H and O–H groups in total. The monoisotopic (exact) mass is 903 g/mol. The van der Waals surface area contributed by atoms with Gasteiger partial charge < -0.3 is 14.2 Å². The van der Waals surface area contributed by atoms with Crippen LogP contribution in [0.2, 0.25) is 0 Å². The van der Waals surface area contributed by atoms with Gasteiger partial charge in [0.25, 0.3) is 0 Å². The van der Waals surface area contributed by atoms with E-state index in [1.165, 1.54) is 116 Å². The molecular weight excluding hydrogens is 805 g/mol. The molecule has 0 saturated heterocycles. The molecule has 0 aromatic heterocycles. The lowest BCUT2D eigenvalue weighted by Gasteiger charge is -2.18. The molecule has 0 aliphatic heterocycles. The number of hydrogen-bond donors (Lipinski definition) is 0. The summed E-state index contributed by atoms with van der Waals surface area (Å²) in [5, 5.41) is 0. The maximum Gasteiger partial charge on any atom is 0.306 e. The predicted molar refractivity (Wildman–Crippen MR) is 279 cm³/mol. The number of ether oxygens (including phenoxy) is 3. The number of carbonyl (C=O) groups is 3. The van der Waals surface area contributed by atoms with E-state index in [4.69, 9.17) is 14.2 Å². The Labute approximate surface area is 400 Å². The number of unbranched alkanes of at least 4 members (excludes halogenated alkanes) is 25. The minimum absolute atomic E-state index is 0.102. The van der Waals surface area contributed by atoms with E-state index in [0.717, 1.165) is 77.0 Å². The number of rotatable bonds is 47. The van der Waals surface area contributed by atoms with Crippen molar-refractivity contribution in [2.45, 2.75) is 245 Å². The molecule has 1 unspecified atom stereocenters. The van der Waals surface area contributed by atoms with E-state index in [2.05, 4.69) is 69.4 Å². The van der Waals surface area contributed by atoms with Crippen molar-refractivity contribution in [3.05, 3.63) is 97.2 Å². The number of esters is 3. The summed E-state index contributed by atoms with van der Waals surface area (Å²) >= 11 is 0. The van der Waals surface area contributed by atoms with Crippen LogP contribution in [0.4, 0.5) is 0 Å². The molecule has 0 heterocycles. The average molecular weight is 903 g/mol. The topological polar surface area (TPSA) is 78.9 Å². The molecule has 0 aliphatic rings. The highest BCUT2D eigenvalue weighted by molar-refractivity contribution is 5.71. The smallest absolute Gasteiger partial charge is 0.306 e. The van der Waals surface area contributed by atoms with Crippen LogP contribution < -0.4 is 0 Å². The zero-order valence-electron chi connectivity index (χ0n) is 42.2. The molecule has 0 bridgehead atoms. The fourth-order valence-electron chi connectivity index (χ4n) is 7.15. The summed E-state index contributed by atoms with van der Waals surface area (Å²) in [5.74, 6) is -0.965. The lowest BCUT2D eigenvalue weighted by molar-refractivity contribution is -0.167. The van der Waals surface area contributed by atoms with Crippen LogP contribution in [0.5, 0.6) is 0 Å². The van der Waals surface area contributed by atoms with Crippen LogP contribution in [0.25, 0.3) is 0 Å². The first kappa shape index (κ1) is 61.3. The van der Waals surface area contributed by atoms with Gasteiger partial charge in [-0.25, -0.2) is 0 Å². The summed E-state index contributed by atoms with van der Waals surface area (Å²) in [7, 11) is 0. The Balaban J connectivity index is 4.46. The Bertz CT molecular complexity index is 1310. The van der Waals surface area contributed by atoms with E-state index in [-0.39, 0.29) is 37.5 Å². The van der Waals surface area contributed by atoms with Gasteiger partial charge in [0.05, 0.1) is 0 Å². The fourth-order valence-corrected chi connectivity index (χ4v) is 7.15. The third-order valence-corrected chi connectivity index (χ3v) is 11.2. The Morgan fingerprint density at radius 2 is 0.615 bits per heavy atom. The van der Waals surface area contributed by atoms with Crippen LogP contribution in [0, 0.1) is 0 Å². The van der Waals surface area contributed by atoms with Crippen LogP contribution >= 0.6 is 0 Å². The Morgan fingerprint density at radius 1 is 0.323 bits per heavy atom. The minimum Gasteiger partial charge on any atom is -0.462 e. The van der Waals surface area contributed by atoms with Crippen molar-refractivity contribution in [2.24, 2.45) is 0 Å². The van der Waals surface area contributed by atoms with Crippen LogP contribution in [0.1, 0.15) is 239 Å². The highest BCUT2D eigenvalue weighted by atomic mass is 16.6. The van der Waals surface area contributed by atoms with E-state index in [1.807, 2.05) is 48.6 Å².